The average molecular weight is 361 g/mol. The van der Waals surface area contributed by atoms with E-state index in [9.17, 15) is 4.79 Å². The zero-order chi connectivity index (χ0) is 18.5. The molecule has 0 aliphatic carbocycles. The first-order valence-corrected chi connectivity index (χ1v) is 10.3. The maximum absolute atomic E-state index is 12.4. The number of hydrogen-bond donors (Lipinski definition) is 3. The van der Waals surface area contributed by atoms with E-state index in [0.717, 1.165) is 39.0 Å². The predicted molar refractivity (Wildman–Crippen MR) is 106 cm³/mol. The Bertz CT molecular complexity index is 602. The number of nitrogens with one attached hydrogen (secondary N) is 3. The van der Waals surface area contributed by atoms with E-state index in [4.69, 9.17) is 0 Å². The molecular weight excluding hydrogens is 324 g/mol. The van der Waals surface area contributed by atoms with Gasteiger partial charge in [-0.05, 0) is 38.0 Å². The van der Waals surface area contributed by atoms with Crippen LogP contribution in [0.3, 0.4) is 0 Å². The van der Waals surface area contributed by atoms with E-state index >= 15 is 0 Å². The molecule has 3 rings (SSSR count). The van der Waals surface area contributed by atoms with Crippen molar-refractivity contribution in [1.82, 2.24) is 5.32 Å². The summed E-state index contributed by atoms with van der Waals surface area (Å²) >= 11 is 0. The van der Waals surface area contributed by atoms with E-state index in [1.54, 1.807) is 4.90 Å². The molecule has 0 unspecified atom stereocenters. The Kier molecular flexibility index (Phi) is 6.54. The fourth-order valence-electron chi connectivity index (χ4n) is 4.35. The second-order valence-corrected chi connectivity index (χ2v) is 8.08. The molecule has 0 aromatic heterocycles. The van der Waals surface area contributed by atoms with Gasteiger partial charge in [0.15, 0.2) is 6.54 Å². The van der Waals surface area contributed by atoms with Gasteiger partial charge in [0.2, 0.25) is 0 Å². The number of quaternary nitrogens is 2. The molecule has 0 atom stereocenters. The van der Waals surface area contributed by atoms with Crippen LogP contribution in [0, 0.1) is 13.8 Å². The van der Waals surface area contributed by atoms with Gasteiger partial charge in [0.1, 0.15) is 0 Å². The molecule has 5 heteroatoms. The number of carbonyl (C=O) groups excluding carboxylic acids is 1. The van der Waals surface area contributed by atoms with Crippen molar-refractivity contribution >= 4 is 11.6 Å². The highest BCUT2D eigenvalue weighted by atomic mass is 16.2. The van der Waals surface area contributed by atoms with Gasteiger partial charge in [-0.15, -0.1) is 0 Å². The summed E-state index contributed by atoms with van der Waals surface area (Å²) in [7, 11) is 0. The topological polar surface area (TPSA) is 41.2 Å². The van der Waals surface area contributed by atoms with Gasteiger partial charge < -0.3 is 20.0 Å². The minimum Gasteiger partial charge on any atom is -0.360 e. The maximum Gasteiger partial charge on any atom is 0.275 e. The van der Waals surface area contributed by atoms with E-state index < -0.39 is 0 Å². The van der Waals surface area contributed by atoms with E-state index in [1.807, 2.05) is 0 Å². The van der Waals surface area contributed by atoms with Crippen LogP contribution in [0.15, 0.2) is 18.2 Å². The molecule has 0 saturated carbocycles. The van der Waals surface area contributed by atoms with Gasteiger partial charge in [0, 0.05) is 24.6 Å². The monoisotopic (exact) mass is 360 g/mol. The van der Waals surface area contributed by atoms with Crippen molar-refractivity contribution in [3.8, 4) is 0 Å². The number of amides is 1. The lowest BCUT2D eigenvalue weighted by atomic mass is 10.1. The Morgan fingerprint density at radius 2 is 1.81 bits per heavy atom. The van der Waals surface area contributed by atoms with Gasteiger partial charge in [0.05, 0.1) is 45.8 Å². The molecule has 2 saturated heterocycles. The highest BCUT2D eigenvalue weighted by Crippen LogP contribution is 2.22. The van der Waals surface area contributed by atoms with Gasteiger partial charge in [0.25, 0.3) is 5.91 Å². The summed E-state index contributed by atoms with van der Waals surface area (Å²) < 4.78 is 0. The first-order chi connectivity index (χ1) is 12.6. The Labute approximate surface area is 158 Å². The summed E-state index contributed by atoms with van der Waals surface area (Å²) in [4.78, 5) is 18.0. The SMILES string of the molecule is CC[NH+]1CCC(NC(=O)C[NH+]2CCN(c3cccc(C)c3C)CC2)CC1. The van der Waals surface area contributed by atoms with Gasteiger partial charge in [-0.3, -0.25) is 4.79 Å². The lowest BCUT2D eigenvalue weighted by Crippen LogP contribution is -3.16. The Morgan fingerprint density at radius 1 is 1.12 bits per heavy atom. The standard InChI is InChI=1S/C21H34N4O/c1-4-23-10-8-19(9-11-23)22-21(26)16-24-12-14-25(15-13-24)20-7-5-6-17(2)18(20)3/h5-7,19H,4,8-16H2,1-3H3,(H,22,26)/p+2. The third-order valence-corrected chi connectivity index (χ3v) is 6.36. The van der Waals surface area contributed by atoms with E-state index in [1.165, 1.54) is 41.3 Å². The molecule has 2 aliphatic heterocycles. The summed E-state index contributed by atoms with van der Waals surface area (Å²) in [5.74, 6) is 0.241. The maximum atomic E-state index is 12.4. The number of aryl methyl sites for hydroxylation is 1. The van der Waals surface area contributed by atoms with Crippen LogP contribution in [-0.2, 0) is 4.79 Å². The van der Waals surface area contributed by atoms with Crippen molar-refractivity contribution in [2.45, 2.75) is 39.7 Å². The summed E-state index contributed by atoms with van der Waals surface area (Å²) in [6.45, 7) is 15.0. The fraction of sp³-hybridized carbons (Fsp3) is 0.667. The molecule has 1 amide bonds. The quantitative estimate of drug-likeness (QED) is 0.643. The molecule has 0 bridgehead atoms. The third kappa shape index (κ3) is 4.77. The first-order valence-electron chi connectivity index (χ1n) is 10.3. The van der Waals surface area contributed by atoms with Crippen LogP contribution in [0.5, 0.6) is 0 Å². The minimum atomic E-state index is 0.241. The van der Waals surface area contributed by atoms with Gasteiger partial charge in [-0.25, -0.2) is 0 Å². The minimum absolute atomic E-state index is 0.241. The number of piperidine rings is 1. The summed E-state index contributed by atoms with van der Waals surface area (Å²) in [5, 5.41) is 3.28. The van der Waals surface area contributed by atoms with Crippen LogP contribution in [0.4, 0.5) is 5.69 Å². The Hall–Kier alpha value is -1.59. The number of benzene rings is 1. The molecule has 0 spiro atoms. The molecule has 2 aliphatic rings. The number of piperazine rings is 1. The van der Waals surface area contributed by atoms with Crippen LogP contribution in [0.2, 0.25) is 0 Å². The van der Waals surface area contributed by atoms with E-state index in [-0.39, 0.29) is 5.91 Å². The number of rotatable bonds is 5. The average Bonchev–Trinajstić information content (AvgIpc) is 2.65. The van der Waals surface area contributed by atoms with Gasteiger partial charge >= 0.3 is 0 Å². The smallest absolute Gasteiger partial charge is 0.275 e. The van der Waals surface area contributed by atoms with Gasteiger partial charge in [-0.2, -0.15) is 0 Å². The summed E-state index contributed by atoms with van der Waals surface area (Å²) in [6, 6.07) is 6.95. The number of hydrogen-bond acceptors (Lipinski definition) is 2. The molecule has 3 N–H and O–H groups in total. The Morgan fingerprint density at radius 3 is 2.46 bits per heavy atom. The van der Waals surface area contributed by atoms with Crippen LogP contribution >= 0.6 is 0 Å². The molecule has 5 nitrogen and oxygen atoms in total. The highest BCUT2D eigenvalue weighted by Gasteiger charge is 2.26. The zero-order valence-corrected chi connectivity index (χ0v) is 16.7. The van der Waals surface area contributed by atoms with E-state index in [0.29, 0.717) is 12.6 Å². The van der Waals surface area contributed by atoms with E-state index in [2.05, 4.69) is 49.2 Å². The lowest BCUT2D eigenvalue weighted by Gasteiger charge is -2.35. The second-order valence-electron chi connectivity index (χ2n) is 8.08. The van der Waals surface area contributed by atoms with Crippen LogP contribution in [0.25, 0.3) is 0 Å². The van der Waals surface area contributed by atoms with Crippen LogP contribution in [0.1, 0.15) is 30.9 Å². The normalized spacial score (nSPS) is 24.5. The molecule has 0 radical (unpaired) electrons. The van der Waals surface area contributed by atoms with Crippen LogP contribution < -0.4 is 20.0 Å². The molecule has 1 aromatic rings. The second kappa shape index (κ2) is 8.87. The van der Waals surface area contributed by atoms with Gasteiger partial charge in [-0.1, -0.05) is 12.1 Å². The molecule has 2 heterocycles. The lowest BCUT2D eigenvalue weighted by molar-refractivity contribution is -0.903. The fourth-order valence-corrected chi connectivity index (χ4v) is 4.35. The van der Waals surface area contributed by atoms with Crippen molar-refractivity contribution in [3.05, 3.63) is 29.3 Å². The van der Waals surface area contributed by atoms with Crippen molar-refractivity contribution in [1.29, 1.82) is 0 Å². The number of likely N-dealkylation sites (tertiary alicyclic amines) is 1. The Balaban J connectivity index is 1.42. The number of nitrogens with zero attached hydrogens (tertiary/aromatic N) is 1. The summed E-state index contributed by atoms with van der Waals surface area (Å²) in [5.41, 5.74) is 4.10. The molecule has 26 heavy (non-hydrogen) atoms. The first kappa shape index (κ1) is 19.2. The van der Waals surface area contributed by atoms with Crippen molar-refractivity contribution in [3.63, 3.8) is 0 Å². The largest absolute Gasteiger partial charge is 0.360 e. The van der Waals surface area contributed by atoms with Crippen molar-refractivity contribution in [2.75, 3.05) is 57.3 Å². The highest BCUT2D eigenvalue weighted by molar-refractivity contribution is 5.77. The molecule has 1 aromatic carbocycles. The van der Waals surface area contributed by atoms with Crippen LogP contribution in [-0.4, -0.2) is 64.3 Å². The molecule has 144 valence electrons. The third-order valence-electron chi connectivity index (χ3n) is 6.36. The molecule has 2 fully saturated rings. The summed E-state index contributed by atoms with van der Waals surface area (Å²) in [6.07, 6.45) is 2.26. The van der Waals surface area contributed by atoms with Crippen molar-refractivity contribution < 1.29 is 14.6 Å². The number of carbonyl (C=O) groups is 1. The van der Waals surface area contributed by atoms with Crippen molar-refractivity contribution in [2.24, 2.45) is 0 Å². The number of anilines is 1. The predicted octanol–water partition coefficient (Wildman–Crippen LogP) is -0.808. The zero-order valence-electron chi connectivity index (χ0n) is 16.7. The molecular formula is C21H36N4O+2.